The highest BCUT2D eigenvalue weighted by atomic mass is 32.2. The summed E-state index contributed by atoms with van der Waals surface area (Å²) in [5.41, 5.74) is 0.777. The van der Waals surface area contributed by atoms with Crippen LogP contribution >= 0.6 is 0 Å². The second-order valence-electron chi connectivity index (χ2n) is 5.47. The fraction of sp³-hybridized carbons (Fsp3) is 0.571. The van der Waals surface area contributed by atoms with Crippen LogP contribution in [0.15, 0.2) is 30.3 Å². The fourth-order valence-electron chi connectivity index (χ4n) is 2.33. The first-order valence-corrected chi connectivity index (χ1v) is 8.33. The molecule has 5 heteroatoms. The van der Waals surface area contributed by atoms with Gasteiger partial charge in [-0.15, -0.1) is 0 Å². The van der Waals surface area contributed by atoms with Gasteiger partial charge in [-0.25, -0.2) is 8.42 Å². The zero-order chi connectivity index (χ0) is 13.5. The number of aliphatic hydroxyl groups is 1. The Balaban J connectivity index is 1.75. The summed E-state index contributed by atoms with van der Waals surface area (Å²) < 4.78 is 26.3. The Labute approximate surface area is 114 Å². The van der Waals surface area contributed by atoms with Crippen LogP contribution in [-0.2, 0) is 10.0 Å². The normalized spacial score (nSPS) is 21.6. The van der Waals surface area contributed by atoms with E-state index < -0.39 is 16.1 Å². The molecule has 3 rings (SSSR count). The minimum atomic E-state index is -3.19. The maximum atomic E-state index is 12.4. The van der Waals surface area contributed by atoms with Crippen LogP contribution in [0.25, 0.3) is 0 Å². The lowest BCUT2D eigenvalue weighted by molar-refractivity contribution is 0.145. The van der Waals surface area contributed by atoms with Crippen molar-refractivity contribution in [1.29, 1.82) is 0 Å². The number of hydrogen-bond donors (Lipinski definition) is 1. The van der Waals surface area contributed by atoms with Crippen LogP contribution in [0, 0.1) is 0 Å². The van der Waals surface area contributed by atoms with Crippen molar-refractivity contribution in [2.24, 2.45) is 0 Å². The zero-order valence-corrected chi connectivity index (χ0v) is 11.6. The van der Waals surface area contributed by atoms with Gasteiger partial charge in [0.25, 0.3) is 0 Å². The standard InChI is InChI=1S/C14H19NO3S/c16-14(11-4-2-1-3-5-11)10-15(12-6-7-12)19(17,18)13-8-9-13/h1-5,12-14,16H,6-10H2. The monoisotopic (exact) mass is 281 g/mol. The number of aliphatic hydroxyl groups excluding tert-OH is 1. The summed E-state index contributed by atoms with van der Waals surface area (Å²) >= 11 is 0. The van der Waals surface area contributed by atoms with Crippen molar-refractivity contribution in [3.05, 3.63) is 35.9 Å². The van der Waals surface area contributed by atoms with Crippen molar-refractivity contribution in [2.45, 2.75) is 43.1 Å². The van der Waals surface area contributed by atoms with Crippen molar-refractivity contribution < 1.29 is 13.5 Å². The van der Waals surface area contributed by atoms with E-state index in [2.05, 4.69) is 0 Å². The quantitative estimate of drug-likeness (QED) is 0.863. The van der Waals surface area contributed by atoms with Crippen molar-refractivity contribution in [3.63, 3.8) is 0 Å². The summed E-state index contributed by atoms with van der Waals surface area (Å²) in [4.78, 5) is 0. The molecule has 0 aliphatic heterocycles. The van der Waals surface area contributed by atoms with Gasteiger partial charge >= 0.3 is 0 Å². The molecule has 2 aliphatic carbocycles. The van der Waals surface area contributed by atoms with Gasteiger partial charge in [0, 0.05) is 12.6 Å². The summed E-state index contributed by atoms with van der Waals surface area (Å²) in [5, 5.41) is 10.0. The lowest BCUT2D eigenvalue weighted by atomic mass is 10.1. The van der Waals surface area contributed by atoms with Gasteiger partial charge in [0.05, 0.1) is 11.4 Å². The topological polar surface area (TPSA) is 57.6 Å². The Morgan fingerprint density at radius 1 is 1.16 bits per heavy atom. The van der Waals surface area contributed by atoms with E-state index in [4.69, 9.17) is 0 Å². The number of sulfonamides is 1. The third-order valence-electron chi connectivity index (χ3n) is 3.76. The Morgan fingerprint density at radius 2 is 1.79 bits per heavy atom. The number of hydrogen-bond acceptors (Lipinski definition) is 3. The van der Waals surface area contributed by atoms with Crippen LogP contribution in [0.3, 0.4) is 0 Å². The molecule has 1 N–H and O–H groups in total. The van der Waals surface area contributed by atoms with Gasteiger partial charge in [-0.05, 0) is 31.2 Å². The zero-order valence-electron chi connectivity index (χ0n) is 10.8. The van der Waals surface area contributed by atoms with Crippen LogP contribution in [0.5, 0.6) is 0 Å². The molecule has 0 radical (unpaired) electrons. The average Bonchev–Trinajstić information content (AvgIpc) is 3.29. The second kappa shape index (κ2) is 4.89. The summed E-state index contributed by atoms with van der Waals surface area (Å²) in [5.74, 6) is 0. The van der Waals surface area contributed by atoms with E-state index in [1.165, 1.54) is 0 Å². The number of rotatable bonds is 6. The minimum Gasteiger partial charge on any atom is -0.387 e. The van der Waals surface area contributed by atoms with Gasteiger partial charge in [-0.2, -0.15) is 4.31 Å². The van der Waals surface area contributed by atoms with Crippen molar-refractivity contribution in [3.8, 4) is 0 Å². The maximum Gasteiger partial charge on any atom is 0.217 e. The summed E-state index contributed by atoms with van der Waals surface area (Å²) in [6.07, 6.45) is 2.65. The third-order valence-corrected chi connectivity index (χ3v) is 6.18. The highest BCUT2D eigenvalue weighted by molar-refractivity contribution is 7.90. The molecule has 0 spiro atoms. The Bertz CT molecular complexity index is 535. The highest BCUT2D eigenvalue weighted by Gasteiger charge is 2.46. The molecule has 0 amide bonds. The van der Waals surface area contributed by atoms with Gasteiger partial charge in [-0.3, -0.25) is 0 Å². The van der Waals surface area contributed by atoms with Crippen molar-refractivity contribution in [2.75, 3.05) is 6.54 Å². The molecule has 1 aromatic carbocycles. The lowest BCUT2D eigenvalue weighted by Gasteiger charge is -2.24. The van der Waals surface area contributed by atoms with Gasteiger partial charge in [0.2, 0.25) is 10.0 Å². The molecule has 0 aromatic heterocycles. The largest absolute Gasteiger partial charge is 0.387 e. The van der Waals surface area contributed by atoms with Crippen LogP contribution in [0.1, 0.15) is 37.4 Å². The molecule has 0 saturated heterocycles. The molecule has 19 heavy (non-hydrogen) atoms. The van der Waals surface area contributed by atoms with Crippen LogP contribution < -0.4 is 0 Å². The first-order valence-electron chi connectivity index (χ1n) is 6.82. The number of benzene rings is 1. The molecular formula is C14H19NO3S. The SMILES string of the molecule is O=S(=O)(C1CC1)N(CC(O)c1ccccc1)C1CC1. The summed E-state index contributed by atoms with van der Waals surface area (Å²) in [6.45, 7) is 0.188. The Morgan fingerprint density at radius 3 is 2.32 bits per heavy atom. The fourth-order valence-corrected chi connectivity index (χ4v) is 4.42. The maximum absolute atomic E-state index is 12.4. The van der Waals surface area contributed by atoms with Gasteiger partial charge in [0.1, 0.15) is 0 Å². The van der Waals surface area contributed by atoms with E-state index in [9.17, 15) is 13.5 Å². The molecule has 4 nitrogen and oxygen atoms in total. The van der Waals surface area contributed by atoms with E-state index in [0.29, 0.717) is 0 Å². The molecular weight excluding hydrogens is 262 g/mol. The van der Waals surface area contributed by atoms with E-state index in [1.807, 2.05) is 30.3 Å². The first kappa shape index (κ1) is 13.1. The van der Waals surface area contributed by atoms with Gasteiger partial charge in [-0.1, -0.05) is 30.3 Å². The summed E-state index contributed by atoms with van der Waals surface area (Å²) in [7, 11) is -3.19. The average molecular weight is 281 g/mol. The Kier molecular flexibility index (Phi) is 3.37. The molecule has 104 valence electrons. The second-order valence-corrected chi connectivity index (χ2v) is 7.64. The highest BCUT2D eigenvalue weighted by Crippen LogP contribution is 2.38. The molecule has 0 bridgehead atoms. The van der Waals surface area contributed by atoms with Gasteiger partial charge < -0.3 is 5.11 Å². The molecule has 2 aliphatic rings. The summed E-state index contributed by atoms with van der Waals surface area (Å²) in [6, 6.07) is 9.38. The number of nitrogens with zero attached hydrogens (tertiary/aromatic N) is 1. The lowest BCUT2D eigenvalue weighted by Crippen LogP contribution is -2.38. The molecule has 0 heterocycles. The van der Waals surface area contributed by atoms with Crippen LogP contribution in [-0.4, -0.2) is 35.7 Å². The van der Waals surface area contributed by atoms with Crippen molar-refractivity contribution in [1.82, 2.24) is 4.31 Å². The van der Waals surface area contributed by atoms with E-state index in [1.54, 1.807) is 4.31 Å². The van der Waals surface area contributed by atoms with E-state index in [0.717, 1.165) is 31.2 Å². The first-order chi connectivity index (χ1) is 9.09. The van der Waals surface area contributed by atoms with Crippen LogP contribution in [0.2, 0.25) is 0 Å². The molecule has 1 atom stereocenters. The Hall–Kier alpha value is -0.910. The minimum absolute atomic E-state index is 0.115. The van der Waals surface area contributed by atoms with Crippen LogP contribution in [0.4, 0.5) is 0 Å². The van der Waals surface area contributed by atoms with Gasteiger partial charge in [0.15, 0.2) is 0 Å². The van der Waals surface area contributed by atoms with Crippen molar-refractivity contribution >= 4 is 10.0 Å². The molecule has 1 unspecified atom stereocenters. The predicted molar refractivity (Wildman–Crippen MR) is 73.1 cm³/mol. The molecule has 1 aromatic rings. The molecule has 2 fully saturated rings. The van der Waals surface area contributed by atoms with E-state index >= 15 is 0 Å². The molecule has 2 saturated carbocycles. The third kappa shape index (κ3) is 2.83. The predicted octanol–water partition coefficient (Wildman–Crippen LogP) is 1.68. The van der Waals surface area contributed by atoms with E-state index in [-0.39, 0.29) is 17.8 Å². The smallest absolute Gasteiger partial charge is 0.217 e.